The summed E-state index contributed by atoms with van der Waals surface area (Å²) in [5, 5.41) is -0.0344. The number of carbonyl (C=O) groups excluding carboxylic acids is 1. The minimum absolute atomic E-state index is 0.0183. The summed E-state index contributed by atoms with van der Waals surface area (Å²) in [6, 6.07) is 1.14. The van der Waals surface area contributed by atoms with Crippen LogP contribution < -0.4 is 5.73 Å². The van der Waals surface area contributed by atoms with Crippen LogP contribution in [0.5, 0.6) is 0 Å². The first-order chi connectivity index (χ1) is 6.84. The molecular formula is C9H5Cl2F2NO. The third kappa shape index (κ3) is 1.40. The average Bonchev–Trinajstić information content (AvgIpc) is 2.38. The number of anilines is 1. The second-order valence-electron chi connectivity index (χ2n) is 3.32. The lowest BCUT2D eigenvalue weighted by Crippen LogP contribution is -2.23. The molecule has 1 aromatic carbocycles. The van der Waals surface area contributed by atoms with E-state index in [-0.39, 0.29) is 26.9 Å². The van der Waals surface area contributed by atoms with E-state index in [0.717, 1.165) is 6.07 Å². The van der Waals surface area contributed by atoms with Gasteiger partial charge in [0.2, 0.25) is 5.78 Å². The average molecular weight is 252 g/mol. The maximum absolute atomic E-state index is 13.1. The maximum Gasteiger partial charge on any atom is 0.313 e. The monoisotopic (exact) mass is 251 g/mol. The molecule has 2 N–H and O–H groups in total. The molecule has 6 heteroatoms. The lowest BCUT2D eigenvalue weighted by molar-refractivity contribution is 0.0168. The molecule has 0 radical (unpaired) electrons. The molecule has 0 aromatic heterocycles. The molecule has 0 saturated heterocycles. The van der Waals surface area contributed by atoms with Gasteiger partial charge >= 0.3 is 5.92 Å². The zero-order valence-electron chi connectivity index (χ0n) is 7.28. The van der Waals surface area contributed by atoms with E-state index < -0.39 is 18.1 Å². The summed E-state index contributed by atoms with van der Waals surface area (Å²) < 4.78 is 26.2. The zero-order valence-corrected chi connectivity index (χ0v) is 8.79. The van der Waals surface area contributed by atoms with E-state index in [4.69, 9.17) is 28.9 Å². The molecule has 0 fully saturated rings. The van der Waals surface area contributed by atoms with Crippen LogP contribution in [0.25, 0.3) is 0 Å². The molecule has 1 aliphatic rings. The molecule has 15 heavy (non-hydrogen) atoms. The van der Waals surface area contributed by atoms with Crippen molar-refractivity contribution in [3.63, 3.8) is 0 Å². The van der Waals surface area contributed by atoms with E-state index in [1.807, 2.05) is 0 Å². The summed E-state index contributed by atoms with van der Waals surface area (Å²) in [6.45, 7) is 0. The normalized spacial score (nSPS) is 18.0. The van der Waals surface area contributed by atoms with E-state index >= 15 is 0 Å². The van der Waals surface area contributed by atoms with E-state index in [2.05, 4.69) is 0 Å². The van der Waals surface area contributed by atoms with Gasteiger partial charge in [-0.05, 0) is 11.6 Å². The number of benzene rings is 1. The summed E-state index contributed by atoms with van der Waals surface area (Å²) in [6.07, 6.45) is -0.707. The van der Waals surface area contributed by atoms with Crippen LogP contribution in [0.1, 0.15) is 15.9 Å². The summed E-state index contributed by atoms with van der Waals surface area (Å²) in [7, 11) is 0. The lowest BCUT2D eigenvalue weighted by atomic mass is 10.1. The Morgan fingerprint density at radius 1 is 1.40 bits per heavy atom. The van der Waals surface area contributed by atoms with Crippen LogP contribution in [0.4, 0.5) is 14.5 Å². The van der Waals surface area contributed by atoms with Crippen molar-refractivity contribution in [1.82, 2.24) is 0 Å². The predicted octanol–water partition coefficient (Wildman–Crippen LogP) is 2.95. The number of hydrogen-bond acceptors (Lipinski definition) is 2. The van der Waals surface area contributed by atoms with Crippen molar-refractivity contribution in [1.29, 1.82) is 0 Å². The minimum atomic E-state index is -3.40. The van der Waals surface area contributed by atoms with Gasteiger partial charge in [-0.15, -0.1) is 0 Å². The Kier molecular flexibility index (Phi) is 2.17. The molecule has 0 amide bonds. The van der Waals surface area contributed by atoms with Crippen LogP contribution >= 0.6 is 23.2 Å². The molecule has 0 heterocycles. The van der Waals surface area contributed by atoms with Gasteiger partial charge in [0.25, 0.3) is 0 Å². The third-order valence-corrected chi connectivity index (χ3v) is 3.07. The number of fused-ring (bicyclic) bond motifs is 1. The van der Waals surface area contributed by atoms with Crippen molar-refractivity contribution >= 4 is 34.7 Å². The molecule has 0 unspecified atom stereocenters. The molecular weight excluding hydrogens is 247 g/mol. The molecule has 2 nitrogen and oxygen atoms in total. The zero-order chi connectivity index (χ0) is 11.4. The molecule has 0 atom stereocenters. The number of nitrogens with two attached hydrogens (primary N) is 1. The molecule has 0 aliphatic heterocycles. The van der Waals surface area contributed by atoms with Crippen molar-refractivity contribution in [3.8, 4) is 0 Å². The number of nitrogen functional groups attached to an aromatic ring is 1. The Morgan fingerprint density at radius 3 is 2.60 bits per heavy atom. The molecule has 0 saturated carbocycles. The molecule has 2 rings (SSSR count). The Bertz CT molecular complexity index is 474. The van der Waals surface area contributed by atoms with Gasteiger partial charge in [0.05, 0.1) is 15.7 Å². The van der Waals surface area contributed by atoms with Gasteiger partial charge in [-0.2, -0.15) is 8.78 Å². The third-order valence-electron chi connectivity index (χ3n) is 2.33. The maximum atomic E-state index is 13.1. The predicted molar refractivity (Wildman–Crippen MR) is 53.9 cm³/mol. The van der Waals surface area contributed by atoms with Gasteiger partial charge in [-0.3, -0.25) is 4.79 Å². The summed E-state index contributed by atoms with van der Waals surface area (Å²) in [5.74, 6) is -4.65. The molecule has 1 aliphatic carbocycles. The first-order valence-electron chi connectivity index (χ1n) is 4.03. The van der Waals surface area contributed by atoms with Crippen LogP contribution in [0.2, 0.25) is 10.0 Å². The number of carbonyl (C=O) groups is 1. The quantitative estimate of drug-likeness (QED) is 0.721. The van der Waals surface area contributed by atoms with Gasteiger partial charge < -0.3 is 5.73 Å². The van der Waals surface area contributed by atoms with Crippen molar-refractivity contribution in [2.24, 2.45) is 0 Å². The Balaban J connectivity index is 2.71. The fourth-order valence-corrected chi connectivity index (χ4v) is 2.07. The molecule has 80 valence electrons. The highest BCUT2D eigenvalue weighted by molar-refractivity contribution is 6.40. The van der Waals surface area contributed by atoms with Crippen LogP contribution in [0, 0.1) is 0 Å². The molecule has 1 aromatic rings. The van der Waals surface area contributed by atoms with Crippen molar-refractivity contribution < 1.29 is 13.6 Å². The number of rotatable bonds is 0. The topological polar surface area (TPSA) is 43.1 Å². The van der Waals surface area contributed by atoms with Crippen LogP contribution in [-0.4, -0.2) is 11.7 Å². The van der Waals surface area contributed by atoms with Crippen molar-refractivity contribution in [2.45, 2.75) is 12.3 Å². The first kappa shape index (κ1) is 10.6. The van der Waals surface area contributed by atoms with Gasteiger partial charge in [0.15, 0.2) is 0 Å². The van der Waals surface area contributed by atoms with Gasteiger partial charge in [-0.25, -0.2) is 0 Å². The Labute approximate surface area is 94.0 Å². The van der Waals surface area contributed by atoms with Crippen LogP contribution in [0.15, 0.2) is 6.07 Å². The van der Waals surface area contributed by atoms with Crippen LogP contribution in [0.3, 0.4) is 0 Å². The van der Waals surface area contributed by atoms with Gasteiger partial charge in [0, 0.05) is 12.0 Å². The van der Waals surface area contributed by atoms with Crippen molar-refractivity contribution in [2.75, 3.05) is 5.73 Å². The number of hydrogen-bond donors (Lipinski definition) is 1. The van der Waals surface area contributed by atoms with Gasteiger partial charge in [0.1, 0.15) is 0 Å². The minimum Gasteiger partial charge on any atom is -0.396 e. The standard InChI is InChI=1S/C9H5Cl2F2NO/c10-5-1-3-4(6(11)7(5)14)2-9(12,13)8(3)15/h1H,2,14H2. The fraction of sp³-hybridized carbons (Fsp3) is 0.222. The number of halogens is 4. The SMILES string of the molecule is Nc1c(Cl)cc2c(c1Cl)CC(F)(F)C2=O. The highest BCUT2D eigenvalue weighted by atomic mass is 35.5. The number of ketones is 1. The molecule has 0 spiro atoms. The summed E-state index contributed by atoms with van der Waals surface area (Å²) in [5.41, 5.74) is 5.44. The van der Waals surface area contributed by atoms with Crippen molar-refractivity contribution in [3.05, 3.63) is 27.2 Å². The molecule has 0 bridgehead atoms. The van der Waals surface area contributed by atoms with E-state index in [0.29, 0.717) is 0 Å². The van der Waals surface area contributed by atoms with E-state index in [1.54, 1.807) is 0 Å². The van der Waals surface area contributed by atoms with Gasteiger partial charge in [-0.1, -0.05) is 23.2 Å². The highest BCUT2D eigenvalue weighted by Gasteiger charge is 2.48. The lowest BCUT2D eigenvalue weighted by Gasteiger charge is -2.05. The van der Waals surface area contributed by atoms with Crippen LogP contribution in [-0.2, 0) is 6.42 Å². The Hall–Kier alpha value is -0.870. The van der Waals surface area contributed by atoms with E-state index in [9.17, 15) is 13.6 Å². The summed E-state index contributed by atoms with van der Waals surface area (Å²) >= 11 is 11.4. The smallest absolute Gasteiger partial charge is 0.313 e. The Morgan fingerprint density at radius 2 is 2.00 bits per heavy atom. The summed E-state index contributed by atoms with van der Waals surface area (Å²) in [4.78, 5) is 11.2. The first-order valence-corrected chi connectivity index (χ1v) is 4.79. The highest BCUT2D eigenvalue weighted by Crippen LogP contribution is 2.42. The number of alkyl halides is 2. The largest absolute Gasteiger partial charge is 0.396 e. The fourth-order valence-electron chi connectivity index (χ4n) is 1.55. The number of Topliss-reactive ketones (excluding diaryl/α,β-unsaturated/α-hetero) is 1. The second kappa shape index (κ2) is 3.06. The second-order valence-corrected chi connectivity index (χ2v) is 4.11. The van der Waals surface area contributed by atoms with E-state index in [1.165, 1.54) is 0 Å².